The van der Waals surface area contributed by atoms with Gasteiger partial charge in [0, 0.05) is 32.0 Å². The number of likely N-dealkylation sites (N-methyl/N-ethyl adjacent to an activating group) is 1. The molecule has 0 aliphatic heterocycles. The molecule has 41 heavy (non-hydrogen) atoms. The van der Waals surface area contributed by atoms with Crippen LogP contribution in [0.5, 0.6) is 0 Å². The lowest BCUT2D eigenvalue weighted by atomic mass is 9.66. The molecule has 0 radical (unpaired) electrons. The minimum absolute atomic E-state index is 0.0236. The van der Waals surface area contributed by atoms with Gasteiger partial charge in [-0.3, -0.25) is 9.69 Å². The molecule has 0 heterocycles. The van der Waals surface area contributed by atoms with Crippen LogP contribution in [0.3, 0.4) is 0 Å². The van der Waals surface area contributed by atoms with Crippen molar-refractivity contribution in [3.63, 3.8) is 0 Å². The van der Waals surface area contributed by atoms with Gasteiger partial charge in [-0.05, 0) is 53.1 Å². The first-order valence-electron chi connectivity index (χ1n) is 14.2. The van der Waals surface area contributed by atoms with E-state index < -0.39 is 23.5 Å². The summed E-state index contributed by atoms with van der Waals surface area (Å²) < 4.78 is 5.66. The van der Waals surface area contributed by atoms with Crippen molar-refractivity contribution < 1.29 is 24.2 Å². The zero-order valence-corrected chi connectivity index (χ0v) is 23.3. The maximum absolute atomic E-state index is 12.9. The van der Waals surface area contributed by atoms with E-state index >= 15 is 0 Å². The van der Waals surface area contributed by atoms with Gasteiger partial charge in [0.25, 0.3) is 0 Å². The van der Waals surface area contributed by atoms with Crippen molar-refractivity contribution in [2.45, 2.75) is 44.2 Å². The summed E-state index contributed by atoms with van der Waals surface area (Å²) in [5.41, 5.74) is 5.31. The second-order valence-corrected chi connectivity index (χ2v) is 11.4. The fourth-order valence-corrected chi connectivity index (χ4v) is 6.04. The molecule has 5 rings (SSSR count). The molecule has 214 valence electrons. The summed E-state index contributed by atoms with van der Waals surface area (Å²) in [7, 11) is 1.83. The van der Waals surface area contributed by atoms with Crippen molar-refractivity contribution >= 4 is 18.0 Å². The lowest BCUT2D eigenvalue weighted by Crippen LogP contribution is -2.51. The number of alkyl carbamates (subject to hydrolysis) is 1. The van der Waals surface area contributed by atoms with Crippen molar-refractivity contribution in [1.29, 1.82) is 0 Å². The maximum atomic E-state index is 12.9. The molecule has 8 nitrogen and oxygen atoms in total. The van der Waals surface area contributed by atoms with E-state index in [-0.39, 0.29) is 31.4 Å². The number of carbonyl (C=O) groups excluding carboxylic acids is 2. The Kier molecular flexibility index (Phi) is 8.69. The molecule has 1 fully saturated rings. The van der Waals surface area contributed by atoms with Crippen LogP contribution in [0.15, 0.2) is 78.9 Å². The van der Waals surface area contributed by atoms with Crippen LogP contribution in [-0.4, -0.2) is 60.8 Å². The summed E-state index contributed by atoms with van der Waals surface area (Å²) in [6, 6.07) is 25.1. The third-order valence-corrected chi connectivity index (χ3v) is 8.32. The second kappa shape index (κ2) is 12.6. The minimum atomic E-state index is -1.07. The van der Waals surface area contributed by atoms with Gasteiger partial charge in [0.15, 0.2) is 0 Å². The number of ether oxygens (including phenoxy) is 1. The summed E-state index contributed by atoms with van der Waals surface area (Å²) in [6.45, 7) is 1.29. The number of amides is 2. The van der Waals surface area contributed by atoms with Crippen LogP contribution in [0.2, 0.25) is 0 Å². The van der Waals surface area contributed by atoms with E-state index in [1.54, 1.807) is 0 Å². The molecule has 0 spiro atoms. The predicted molar refractivity (Wildman–Crippen MR) is 156 cm³/mol. The third-order valence-electron chi connectivity index (χ3n) is 8.32. The molecular formula is C33H37N3O5. The molecule has 0 bridgehead atoms. The molecule has 2 aliphatic carbocycles. The van der Waals surface area contributed by atoms with E-state index in [0.717, 1.165) is 36.0 Å². The van der Waals surface area contributed by atoms with Gasteiger partial charge in [-0.1, -0.05) is 85.3 Å². The fraction of sp³-hybridized carbons (Fsp3) is 0.364. The highest BCUT2D eigenvalue weighted by atomic mass is 16.5. The Morgan fingerprint density at radius 2 is 1.56 bits per heavy atom. The average Bonchev–Trinajstić information content (AvgIpc) is 3.27. The van der Waals surface area contributed by atoms with Crippen molar-refractivity contribution in [3.05, 3.63) is 95.6 Å². The molecular weight excluding hydrogens is 518 g/mol. The van der Waals surface area contributed by atoms with Gasteiger partial charge in [0.2, 0.25) is 5.91 Å². The Morgan fingerprint density at radius 3 is 2.15 bits per heavy atom. The van der Waals surface area contributed by atoms with Crippen LogP contribution in [-0.2, 0) is 20.9 Å². The number of hydrogen-bond donors (Lipinski definition) is 3. The zero-order chi connectivity index (χ0) is 28.8. The highest BCUT2D eigenvalue weighted by molar-refractivity contribution is 5.84. The first kappa shape index (κ1) is 28.4. The monoisotopic (exact) mass is 555 g/mol. The number of fused-ring (bicyclic) bond motifs is 3. The number of carbonyl (C=O) groups is 3. The molecule has 8 heteroatoms. The summed E-state index contributed by atoms with van der Waals surface area (Å²) in [6.07, 6.45) is 2.18. The average molecular weight is 556 g/mol. The van der Waals surface area contributed by atoms with Gasteiger partial charge in [0.1, 0.15) is 12.6 Å². The molecule has 1 unspecified atom stereocenters. The van der Waals surface area contributed by atoms with Crippen molar-refractivity contribution in [2.75, 3.05) is 26.7 Å². The maximum Gasteiger partial charge on any atom is 0.407 e. The Morgan fingerprint density at radius 1 is 0.951 bits per heavy atom. The van der Waals surface area contributed by atoms with Crippen molar-refractivity contribution in [3.8, 4) is 11.1 Å². The van der Waals surface area contributed by atoms with E-state index in [1.807, 2.05) is 66.5 Å². The lowest BCUT2D eigenvalue weighted by Gasteiger charge is -2.41. The van der Waals surface area contributed by atoms with Gasteiger partial charge < -0.3 is 20.5 Å². The number of rotatable bonds is 12. The zero-order valence-electron chi connectivity index (χ0n) is 23.3. The fourth-order valence-electron chi connectivity index (χ4n) is 6.04. The third kappa shape index (κ3) is 6.77. The van der Waals surface area contributed by atoms with E-state index in [0.29, 0.717) is 13.1 Å². The largest absolute Gasteiger partial charge is 0.480 e. The number of aliphatic carboxylic acids is 1. The van der Waals surface area contributed by atoms with E-state index in [9.17, 15) is 19.5 Å². The second-order valence-electron chi connectivity index (χ2n) is 11.4. The number of carboxylic acid groups (broad SMARTS) is 1. The lowest BCUT2D eigenvalue weighted by molar-refractivity contribution is -0.143. The smallest absolute Gasteiger partial charge is 0.407 e. The first-order valence-corrected chi connectivity index (χ1v) is 14.2. The summed E-state index contributed by atoms with van der Waals surface area (Å²) in [4.78, 5) is 39.5. The summed E-state index contributed by atoms with van der Waals surface area (Å²) in [5.74, 6) is -1.42. The molecule has 0 saturated heterocycles. The van der Waals surface area contributed by atoms with Crippen LogP contribution in [0.25, 0.3) is 11.1 Å². The molecule has 1 saturated carbocycles. The number of carboxylic acids is 1. The van der Waals surface area contributed by atoms with Gasteiger partial charge in [0.05, 0.1) is 0 Å². The van der Waals surface area contributed by atoms with Gasteiger partial charge in [-0.25, -0.2) is 9.59 Å². The Balaban J connectivity index is 1.11. The predicted octanol–water partition coefficient (Wildman–Crippen LogP) is 4.79. The number of nitrogens with zero attached hydrogens (tertiary/aromatic N) is 1. The van der Waals surface area contributed by atoms with Gasteiger partial charge >= 0.3 is 12.1 Å². The molecule has 3 aromatic carbocycles. The number of benzene rings is 3. The molecule has 2 amide bonds. The molecule has 3 N–H and O–H groups in total. The van der Waals surface area contributed by atoms with E-state index in [1.165, 1.54) is 11.1 Å². The van der Waals surface area contributed by atoms with Crippen molar-refractivity contribution in [2.24, 2.45) is 5.41 Å². The molecule has 2 aliphatic rings. The summed E-state index contributed by atoms with van der Waals surface area (Å²) >= 11 is 0. The summed E-state index contributed by atoms with van der Waals surface area (Å²) in [5, 5.41) is 15.3. The SMILES string of the molecule is CN(Cc1ccccc1)CC(NC(=O)CC1(CNC(=O)OCC2c3ccccc3-c3ccccc32)CCC1)C(=O)O. The Labute approximate surface area is 240 Å². The van der Waals surface area contributed by atoms with Crippen molar-refractivity contribution in [1.82, 2.24) is 15.5 Å². The van der Waals surface area contributed by atoms with Crippen LogP contribution in [0.1, 0.15) is 48.3 Å². The standard InChI is InChI=1S/C33H37N3O5/c1-36(19-23-10-3-2-4-11-23)20-29(31(38)39)35-30(37)18-33(16-9-17-33)22-34-32(40)41-21-28-26-14-7-5-12-24(26)25-13-6-8-15-27(25)28/h2-8,10-15,28-29H,9,16-22H2,1H3,(H,34,40)(H,35,37)(H,38,39). The molecule has 1 atom stereocenters. The van der Waals surface area contributed by atoms with Gasteiger partial charge in [-0.2, -0.15) is 0 Å². The Hall–Kier alpha value is -4.17. The minimum Gasteiger partial charge on any atom is -0.480 e. The molecule has 3 aromatic rings. The number of nitrogens with one attached hydrogen (secondary N) is 2. The van der Waals surface area contributed by atoms with Crippen LogP contribution >= 0.6 is 0 Å². The van der Waals surface area contributed by atoms with E-state index in [2.05, 4.69) is 34.9 Å². The van der Waals surface area contributed by atoms with Crippen LogP contribution in [0, 0.1) is 5.41 Å². The first-order chi connectivity index (χ1) is 19.8. The van der Waals surface area contributed by atoms with Crippen LogP contribution < -0.4 is 10.6 Å². The topological polar surface area (TPSA) is 108 Å². The normalized spacial score (nSPS) is 15.8. The highest BCUT2D eigenvalue weighted by Gasteiger charge is 2.40. The van der Waals surface area contributed by atoms with E-state index in [4.69, 9.17) is 4.74 Å². The van der Waals surface area contributed by atoms with Gasteiger partial charge in [-0.15, -0.1) is 0 Å². The van der Waals surface area contributed by atoms with Crippen LogP contribution in [0.4, 0.5) is 4.79 Å². The molecule has 0 aromatic heterocycles. The quantitative estimate of drug-likeness (QED) is 0.297. The number of hydrogen-bond acceptors (Lipinski definition) is 5. The Bertz CT molecular complexity index is 1340. The highest BCUT2D eigenvalue weighted by Crippen LogP contribution is 2.45.